The van der Waals surface area contributed by atoms with E-state index in [2.05, 4.69) is 10.2 Å². The zero-order chi connectivity index (χ0) is 27.8. The van der Waals surface area contributed by atoms with Crippen molar-refractivity contribution in [3.05, 3.63) is 74.0 Å². The molecule has 204 valence electrons. The second-order valence-electron chi connectivity index (χ2n) is 10.1. The zero-order valence-corrected chi connectivity index (χ0v) is 23.7. The molecular weight excluding hydrogens is 539 g/mol. The summed E-state index contributed by atoms with van der Waals surface area (Å²) in [6, 6.07) is 8.72. The summed E-state index contributed by atoms with van der Waals surface area (Å²) in [5, 5.41) is 3.53. The average Bonchev–Trinajstić information content (AvgIpc) is 2.91. The molecule has 0 saturated heterocycles. The number of nitrogens with one attached hydrogen (secondary N) is 1. The number of hydrogen-bond acceptors (Lipinski definition) is 6. The summed E-state index contributed by atoms with van der Waals surface area (Å²) in [7, 11) is 3.44. The van der Waals surface area contributed by atoms with Crippen LogP contribution in [0.5, 0.6) is 11.5 Å². The van der Waals surface area contributed by atoms with Crippen LogP contribution in [0.15, 0.2) is 52.9 Å². The Morgan fingerprint density at radius 1 is 0.974 bits per heavy atom. The van der Waals surface area contributed by atoms with Gasteiger partial charge in [0, 0.05) is 59.1 Å². The molecule has 2 aliphatic carbocycles. The van der Waals surface area contributed by atoms with Gasteiger partial charge in [-0.15, -0.1) is 0 Å². The van der Waals surface area contributed by atoms with Gasteiger partial charge in [0.2, 0.25) is 0 Å². The largest absolute Gasteiger partial charge is 0.493 e. The van der Waals surface area contributed by atoms with Crippen molar-refractivity contribution < 1.29 is 23.9 Å². The van der Waals surface area contributed by atoms with E-state index in [1.807, 2.05) is 20.0 Å². The van der Waals surface area contributed by atoms with Crippen molar-refractivity contribution in [3.8, 4) is 11.5 Å². The van der Waals surface area contributed by atoms with Crippen LogP contribution in [0, 0.1) is 6.92 Å². The standard InChI is InChI=1S/C30H30Cl2N2O5/c1-16-10-11-18(14-19(16)31)33-26(37)15-39-30-20(32)12-17(13-25(30)38-3)27-28-21(6-4-8-23(28)35)34(2)22-7-5-9-24(36)29(22)27/h10-14,27H,4-9,15H2,1-3H3,(H,33,37). The van der Waals surface area contributed by atoms with E-state index in [0.717, 1.165) is 42.6 Å². The van der Waals surface area contributed by atoms with E-state index in [0.29, 0.717) is 46.0 Å². The molecule has 0 fully saturated rings. The van der Waals surface area contributed by atoms with Gasteiger partial charge in [-0.25, -0.2) is 0 Å². The topological polar surface area (TPSA) is 84.9 Å². The Labute approximate surface area is 237 Å². The van der Waals surface area contributed by atoms with E-state index < -0.39 is 11.8 Å². The first kappa shape index (κ1) is 27.3. The molecule has 0 bridgehead atoms. The number of rotatable bonds is 6. The summed E-state index contributed by atoms with van der Waals surface area (Å²) in [5.41, 5.74) is 5.45. The fraction of sp³-hybridized carbons (Fsp3) is 0.367. The summed E-state index contributed by atoms with van der Waals surface area (Å²) in [6.45, 7) is 1.57. The fourth-order valence-electron chi connectivity index (χ4n) is 5.74. The Bertz CT molecular complexity index is 1400. The van der Waals surface area contributed by atoms with Gasteiger partial charge in [-0.1, -0.05) is 29.3 Å². The molecule has 3 aliphatic rings. The van der Waals surface area contributed by atoms with E-state index in [-0.39, 0.29) is 28.9 Å². The number of carbonyl (C=O) groups excluding carboxylic acids is 3. The maximum Gasteiger partial charge on any atom is 0.262 e. The predicted octanol–water partition coefficient (Wildman–Crippen LogP) is 6.37. The molecule has 0 spiro atoms. The van der Waals surface area contributed by atoms with Crippen molar-refractivity contribution >= 4 is 46.4 Å². The van der Waals surface area contributed by atoms with Crippen LogP contribution < -0.4 is 14.8 Å². The van der Waals surface area contributed by atoms with Crippen molar-refractivity contribution in [2.24, 2.45) is 0 Å². The minimum Gasteiger partial charge on any atom is -0.493 e. The third-order valence-electron chi connectivity index (χ3n) is 7.63. The molecule has 1 amide bonds. The summed E-state index contributed by atoms with van der Waals surface area (Å²) < 4.78 is 11.4. The molecule has 0 unspecified atom stereocenters. The van der Waals surface area contributed by atoms with Gasteiger partial charge in [0.05, 0.1) is 12.1 Å². The van der Waals surface area contributed by atoms with Gasteiger partial charge < -0.3 is 19.7 Å². The maximum atomic E-state index is 13.3. The van der Waals surface area contributed by atoms with Crippen LogP contribution in [0.1, 0.15) is 55.6 Å². The Balaban J connectivity index is 1.46. The summed E-state index contributed by atoms with van der Waals surface area (Å²) >= 11 is 12.9. The molecule has 2 aromatic carbocycles. The van der Waals surface area contributed by atoms with Crippen LogP contribution in [0.4, 0.5) is 5.69 Å². The molecule has 0 radical (unpaired) electrons. The van der Waals surface area contributed by atoms with Crippen molar-refractivity contribution in [2.45, 2.75) is 51.4 Å². The van der Waals surface area contributed by atoms with E-state index in [1.54, 1.807) is 24.3 Å². The highest BCUT2D eigenvalue weighted by Gasteiger charge is 2.42. The second-order valence-corrected chi connectivity index (χ2v) is 10.9. The number of ether oxygens (including phenoxy) is 2. The number of nitrogens with zero attached hydrogens (tertiary/aromatic N) is 1. The number of allylic oxidation sites excluding steroid dienone is 4. The van der Waals surface area contributed by atoms with E-state index in [9.17, 15) is 14.4 Å². The van der Waals surface area contributed by atoms with Crippen molar-refractivity contribution in [1.82, 2.24) is 4.90 Å². The van der Waals surface area contributed by atoms with Gasteiger partial charge >= 0.3 is 0 Å². The van der Waals surface area contributed by atoms with E-state index in [1.165, 1.54) is 7.11 Å². The fourth-order valence-corrected chi connectivity index (χ4v) is 6.19. The van der Waals surface area contributed by atoms with Crippen LogP contribution in [-0.2, 0) is 14.4 Å². The van der Waals surface area contributed by atoms with Crippen molar-refractivity contribution in [2.75, 3.05) is 26.1 Å². The molecule has 39 heavy (non-hydrogen) atoms. The lowest BCUT2D eigenvalue weighted by molar-refractivity contribution is -0.118. The Kier molecular flexibility index (Phi) is 7.74. The number of Topliss-reactive ketones (excluding diaryl/α,β-unsaturated/α-hetero) is 2. The smallest absolute Gasteiger partial charge is 0.262 e. The van der Waals surface area contributed by atoms with E-state index >= 15 is 0 Å². The molecule has 0 saturated carbocycles. The first-order valence-corrected chi connectivity index (χ1v) is 13.8. The SMILES string of the molecule is COc1cc(C2C3=C(CCCC3=O)N(C)C3=C2C(=O)CCC3)cc(Cl)c1OCC(=O)Nc1ccc(C)c(Cl)c1. The van der Waals surface area contributed by atoms with Gasteiger partial charge in [0.25, 0.3) is 5.91 Å². The molecule has 1 aliphatic heterocycles. The third kappa shape index (κ3) is 5.18. The maximum absolute atomic E-state index is 13.3. The lowest BCUT2D eigenvalue weighted by atomic mass is 9.71. The van der Waals surface area contributed by atoms with Crippen LogP contribution in [0.25, 0.3) is 0 Å². The molecule has 5 rings (SSSR count). The lowest BCUT2D eigenvalue weighted by Gasteiger charge is -2.42. The van der Waals surface area contributed by atoms with Crippen molar-refractivity contribution in [1.29, 1.82) is 0 Å². The number of ketones is 2. The van der Waals surface area contributed by atoms with E-state index in [4.69, 9.17) is 32.7 Å². The molecular formula is C30H30Cl2N2O5. The molecule has 0 atom stereocenters. The number of amides is 1. The Hall–Kier alpha value is -3.29. The number of benzene rings is 2. The minimum atomic E-state index is -0.512. The zero-order valence-electron chi connectivity index (χ0n) is 22.2. The van der Waals surface area contributed by atoms with Crippen LogP contribution >= 0.6 is 23.2 Å². The number of anilines is 1. The van der Waals surface area contributed by atoms with Gasteiger partial charge in [0.1, 0.15) is 0 Å². The van der Waals surface area contributed by atoms with Crippen LogP contribution in [-0.4, -0.2) is 43.1 Å². The molecule has 0 aromatic heterocycles. The summed E-state index contributed by atoms with van der Waals surface area (Å²) in [4.78, 5) is 41.1. The first-order valence-electron chi connectivity index (χ1n) is 13.0. The van der Waals surface area contributed by atoms with Gasteiger partial charge in [-0.3, -0.25) is 14.4 Å². The summed E-state index contributed by atoms with van der Waals surface area (Å²) in [5.74, 6) is -0.262. The molecule has 9 heteroatoms. The number of aryl methyl sites for hydroxylation is 1. The average molecular weight is 569 g/mol. The van der Waals surface area contributed by atoms with Crippen molar-refractivity contribution in [3.63, 3.8) is 0 Å². The highest BCUT2D eigenvalue weighted by Crippen LogP contribution is 2.50. The number of carbonyl (C=O) groups is 3. The highest BCUT2D eigenvalue weighted by molar-refractivity contribution is 6.32. The second kappa shape index (κ2) is 11.1. The Morgan fingerprint density at radius 2 is 1.62 bits per heavy atom. The molecule has 2 aromatic rings. The lowest BCUT2D eigenvalue weighted by Crippen LogP contribution is -2.37. The van der Waals surface area contributed by atoms with Gasteiger partial charge in [0.15, 0.2) is 29.7 Å². The molecule has 7 nitrogen and oxygen atoms in total. The van der Waals surface area contributed by atoms with Gasteiger partial charge in [-0.05, 0) is 68.0 Å². The minimum absolute atomic E-state index is 0.0568. The monoisotopic (exact) mass is 568 g/mol. The molecule has 1 N–H and O–H groups in total. The normalized spacial score (nSPS) is 17.7. The van der Waals surface area contributed by atoms with Crippen LogP contribution in [0.3, 0.4) is 0 Å². The van der Waals surface area contributed by atoms with Gasteiger partial charge in [-0.2, -0.15) is 0 Å². The third-order valence-corrected chi connectivity index (χ3v) is 8.32. The number of hydrogen-bond donors (Lipinski definition) is 1. The number of halogens is 2. The molecule has 1 heterocycles. The first-order chi connectivity index (χ1) is 18.7. The quantitative estimate of drug-likeness (QED) is 0.435. The van der Waals surface area contributed by atoms with Crippen LogP contribution in [0.2, 0.25) is 10.0 Å². The number of methoxy groups -OCH3 is 1. The highest BCUT2D eigenvalue weighted by atomic mass is 35.5. The Morgan fingerprint density at radius 3 is 2.21 bits per heavy atom. The summed E-state index contributed by atoms with van der Waals surface area (Å²) in [6.07, 6.45) is 4.05. The predicted molar refractivity (Wildman–Crippen MR) is 151 cm³/mol.